The molecule has 1 aromatic carbocycles. The first-order chi connectivity index (χ1) is 10.3. The number of amides is 1. The van der Waals surface area contributed by atoms with Crippen LogP contribution in [0.25, 0.3) is 0 Å². The van der Waals surface area contributed by atoms with E-state index in [1.807, 2.05) is 0 Å². The maximum Gasteiger partial charge on any atom is 0.220 e. The van der Waals surface area contributed by atoms with Crippen molar-refractivity contribution >= 4 is 17.2 Å². The van der Waals surface area contributed by atoms with Crippen LogP contribution in [0.4, 0.5) is 0 Å². The van der Waals surface area contributed by atoms with Gasteiger partial charge in [0.25, 0.3) is 0 Å². The van der Waals surface area contributed by atoms with E-state index in [0.717, 1.165) is 29.3 Å². The number of carbonyl (C=O) groups excluding carboxylic acids is 1. The largest absolute Gasteiger partial charge is 0.349 e. The van der Waals surface area contributed by atoms with Crippen molar-refractivity contribution in [1.82, 2.24) is 15.5 Å². The molecule has 110 valence electrons. The molecule has 1 amide bonds. The first-order valence-electron chi connectivity index (χ1n) is 7.42. The van der Waals surface area contributed by atoms with Crippen LogP contribution in [0, 0.1) is 0 Å². The molecule has 4 nitrogen and oxygen atoms in total. The van der Waals surface area contributed by atoms with Gasteiger partial charge in [-0.2, -0.15) is 0 Å². The van der Waals surface area contributed by atoms with Gasteiger partial charge in [-0.15, -0.1) is 10.2 Å². The number of nitrogens with one attached hydrogen (secondary N) is 1. The summed E-state index contributed by atoms with van der Waals surface area (Å²) in [6.07, 6.45) is 3.62. The standard InChI is InChI=1S/C16H19N3OS/c1-2-15-18-19-16(21-15)10-17-14(20)9-12-8-7-11-5-3-4-6-13(11)12/h3-6,12H,2,7-10H2,1H3,(H,17,20)/t12-/m0/s1. The number of nitrogens with zero attached hydrogens (tertiary/aromatic N) is 2. The van der Waals surface area contributed by atoms with E-state index in [9.17, 15) is 4.79 Å². The molecule has 0 saturated carbocycles. The lowest BCUT2D eigenvalue weighted by molar-refractivity contribution is -0.121. The van der Waals surface area contributed by atoms with Crippen molar-refractivity contribution in [2.45, 2.75) is 45.1 Å². The van der Waals surface area contributed by atoms with Crippen LogP contribution in [-0.4, -0.2) is 16.1 Å². The second-order valence-corrected chi connectivity index (χ2v) is 6.50. The molecule has 0 unspecified atom stereocenters. The van der Waals surface area contributed by atoms with Crippen molar-refractivity contribution in [1.29, 1.82) is 0 Å². The number of hydrogen-bond donors (Lipinski definition) is 1. The minimum Gasteiger partial charge on any atom is -0.349 e. The molecular formula is C16H19N3OS. The summed E-state index contributed by atoms with van der Waals surface area (Å²) in [6, 6.07) is 8.45. The highest BCUT2D eigenvalue weighted by Crippen LogP contribution is 2.35. The van der Waals surface area contributed by atoms with Crippen molar-refractivity contribution in [2.24, 2.45) is 0 Å². The molecule has 21 heavy (non-hydrogen) atoms. The zero-order valence-electron chi connectivity index (χ0n) is 12.1. The van der Waals surface area contributed by atoms with E-state index < -0.39 is 0 Å². The molecule has 0 fully saturated rings. The van der Waals surface area contributed by atoms with E-state index in [0.29, 0.717) is 18.9 Å². The maximum absolute atomic E-state index is 12.1. The van der Waals surface area contributed by atoms with Crippen LogP contribution in [-0.2, 0) is 24.2 Å². The summed E-state index contributed by atoms with van der Waals surface area (Å²) in [6.45, 7) is 2.55. The average Bonchev–Trinajstić information content (AvgIpc) is 3.12. The van der Waals surface area contributed by atoms with Gasteiger partial charge in [-0.3, -0.25) is 4.79 Å². The summed E-state index contributed by atoms with van der Waals surface area (Å²) >= 11 is 1.57. The Kier molecular flexibility index (Phi) is 4.29. The SMILES string of the molecule is CCc1nnc(CNC(=O)C[C@@H]2CCc3ccccc32)s1. The Morgan fingerprint density at radius 1 is 1.33 bits per heavy atom. The topological polar surface area (TPSA) is 54.9 Å². The van der Waals surface area contributed by atoms with Gasteiger partial charge >= 0.3 is 0 Å². The molecule has 3 rings (SSSR count). The lowest BCUT2D eigenvalue weighted by atomic mass is 9.97. The van der Waals surface area contributed by atoms with E-state index in [2.05, 4.69) is 46.7 Å². The first kappa shape index (κ1) is 14.2. The number of carbonyl (C=O) groups is 1. The fourth-order valence-electron chi connectivity index (χ4n) is 2.83. The van der Waals surface area contributed by atoms with Gasteiger partial charge in [0.15, 0.2) is 0 Å². The molecule has 1 N–H and O–H groups in total. The van der Waals surface area contributed by atoms with Crippen molar-refractivity contribution in [3.63, 3.8) is 0 Å². The summed E-state index contributed by atoms with van der Waals surface area (Å²) in [5.74, 6) is 0.465. The molecule has 1 atom stereocenters. The minimum absolute atomic E-state index is 0.102. The van der Waals surface area contributed by atoms with Crippen molar-refractivity contribution in [3.8, 4) is 0 Å². The van der Waals surface area contributed by atoms with Crippen LogP contribution in [0.5, 0.6) is 0 Å². The van der Waals surface area contributed by atoms with Crippen LogP contribution in [0.15, 0.2) is 24.3 Å². The normalized spacial score (nSPS) is 16.7. The highest BCUT2D eigenvalue weighted by Gasteiger charge is 2.24. The van der Waals surface area contributed by atoms with Crippen LogP contribution in [0.2, 0.25) is 0 Å². The Balaban J connectivity index is 1.53. The lowest BCUT2D eigenvalue weighted by Gasteiger charge is -2.11. The zero-order chi connectivity index (χ0) is 14.7. The number of benzene rings is 1. The number of aryl methyl sites for hydroxylation is 2. The first-order valence-corrected chi connectivity index (χ1v) is 8.23. The van der Waals surface area contributed by atoms with E-state index in [1.54, 1.807) is 11.3 Å². The summed E-state index contributed by atoms with van der Waals surface area (Å²) in [7, 11) is 0. The maximum atomic E-state index is 12.1. The Bertz CT molecular complexity index is 638. The predicted octanol–water partition coefficient (Wildman–Crippen LogP) is 2.84. The van der Waals surface area contributed by atoms with Crippen LogP contribution >= 0.6 is 11.3 Å². The molecule has 0 bridgehead atoms. The van der Waals surface area contributed by atoms with Gasteiger partial charge in [0.05, 0.1) is 6.54 Å². The Labute approximate surface area is 128 Å². The predicted molar refractivity (Wildman–Crippen MR) is 83.3 cm³/mol. The number of fused-ring (bicyclic) bond motifs is 1. The average molecular weight is 301 g/mol. The molecule has 5 heteroatoms. The highest BCUT2D eigenvalue weighted by molar-refractivity contribution is 7.11. The third-order valence-corrected chi connectivity index (χ3v) is 5.00. The second-order valence-electron chi connectivity index (χ2n) is 5.36. The Morgan fingerprint density at radius 2 is 2.14 bits per heavy atom. The molecule has 1 aromatic heterocycles. The van der Waals surface area contributed by atoms with E-state index in [-0.39, 0.29) is 5.91 Å². The second kappa shape index (κ2) is 6.35. The molecular weight excluding hydrogens is 282 g/mol. The van der Waals surface area contributed by atoms with E-state index in [4.69, 9.17) is 0 Å². The fraction of sp³-hybridized carbons (Fsp3) is 0.438. The third kappa shape index (κ3) is 3.29. The van der Waals surface area contributed by atoms with Crippen molar-refractivity contribution in [2.75, 3.05) is 0 Å². The molecule has 0 radical (unpaired) electrons. The van der Waals surface area contributed by atoms with Crippen LogP contribution in [0.3, 0.4) is 0 Å². The van der Waals surface area contributed by atoms with Gasteiger partial charge in [0, 0.05) is 6.42 Å². The van der Waals surface area contributed by atoms with Gasteiger partial charge in [-0.05, 0) is 36.3 Å². The summed E-state index contributed by atoms with van der Waals surface area (Å²) < 4.78 is 0. The van der Waals surface area contributed by atoms with Gasteiger partial charge in [0.2, 0.25) is 5.91 Å². The Hall–Kier alpha value is -1.75. The quantitative estimate of drug-likeness (QED) is 0.924. The van der Waals surface area contributed by atoms with E-state index >= 15 is 0 Å². The van der Waals surface area contributed by atoms with Gasteiger partial charge in [-0.1, -0.05) is 42.5 Å². The van der Waals surface area contributed by atoms with Gasteiger partial charge < -0.3 is 5.32 Å². The third-order valence-electron chi connectivity index (χ3n) is 3.94. The van der Waals surface area contributed by atoms with Crippen LogP contribution in [0.1, 0.15) is 46.8 Å². The molecule has 0 saturated heterocycles. The number of aromatic nitrogens is 2. The van der Waals surface area contributed by atoms with Crippen molar-refractivity contribution < 1.29 is 4.79 Å². The van der Waals surface area contributed by atoms with Crippen molar-refractivity contribution in [3.05, 3.63) is 45.4 Å². The number of rotatable bonds is 5. The molecule has 2 aromatic rings. The summed E-state index contributed by atoms with van der Waals surface area (Å²) in [5, 5.41) is 13.0. The molecule has 1 heterocycles. The fourth-order valence-corrected chi connectivity index (χ4v) is 3.55. The van der Waals surface area contributed by atoms with Gasteiger partial charge in [0.1, 0.15) is 10.0 Å². The zero-order valence-corrected chi connectivity index (χ0v) is 12.9. The van der Waals surface area contributed by atoms with Crippen LogP contribution < -0.4 is 5.32 Å². The molecule has 0 aliphatic heterocycles. The number of hydrogen-bond acceptors (Lipinski definition) is 4. The molecule has 1 aliphatic rings. The summed E-state index contributed by atoms with van der Waals surface area (Å²) in [4.78, 5) is 12.1. The summed E-state index contributed by atoms with van der Waals surface area (Å²) in [5.41, 5.74) is 2.74. The molecule has 1 aliphatic carbocycles. The molecule has 0 spiro atoms. The minimum atomic E-state index is 0.102. The Morgan fingerprint density at radius 3 is 2.95 bits per heavy atom. The van der Waals surface area contributed by atoms with E-state index in [1.165, 1.54) is 11.1 Å². The highest BCUT2D eigenvalue weighted by atomic mass is 32.1. The lowest BCUT2D eigenvalue weighted by Crippen LogP contribution is -2.24. The van der Waals surface area contributed by atoms with Gasteiger partial charge in [-0.25, -0.2) is 0 Å². The monoisotopic (exact) mass is 301 g/mol. The smallest absolute Gasteiger partial charge is 0.220 e.